The Morgan fingerprint density at radius 1 is 1.21 bits per heavy atom. The predicted octanol–water partition coefficient (Wildman–Crippen LogP) is 2.16. The van der Waals surface area contributed by atoms with Gasteiger partial charge in [0.1, 0.15) is 4.90 Å². The molecule has 102 valence electrons. The fraction of sp³-hybridized carbons (Fsp3) is 0.308. The van der Waals surface area contributed by atoms with E-state index in [1.807, 2.05) is 25.1 Å². The largest absolute Gasteiger partial charge is 0.281 e. The minimum absolute atomic E-state index is 0.247. The first kappa shape index (κ1) is 13.6. The molecule has 0 spiro atoms. The zero-order valence-corrected chi connectivity index (χ0v) is 12.2. The van der Waals surface area contributed by atoms with Crippen LogP contribution in [-0.4, -0.2) is 25.7 Å². The molecule has 0 bridgehead atoms. The number of anilines is 1. The van der Waals surface area contributed by atoms with E-state index in [0.29, 0.717) is 17.1 Å². The number of nitrogens with one attached hydrogen (secondary N) is 1. The quantitative estimate of drug-likeness (QED) is 0.936. The van der Waals surface area contributed by atoms with Crippen LogP contribution in [-0.2, 0) is 10.0 Å². The third kappa shape index (κ3) is 2.35. The van der Waals surface area contributed by atoms with Crippen molar-refractivity contribution < 1.29 is 8.42 Å². The van der Waals surface area contributed by atoms with E-state index in [4.69, 9.17) is 0 Å². The van der Waals surface area contributed by atoms with Gasteiger partial charge in [0.2, 0.25) is 0 Å². The first-order valence-electron chi connectivity index (χ1n) is 5.91. The SMILES string of the molecule is Cc1cccc(N(C)S(=O)(=O)c2c(C)n[nH]c2C)c1. The highest BCUT2D eigenvalue weighted by atomic mass is 32.2. The zero-order chi connectivity index (χ0) is 14.2. The molecule has 2 aromatic rings. The average Bonchev–Trinajstić information content (AvgIpc) is 2.68. The van der Waals surface area contributed by atoms with Crippen LogP contribution in [0.15, 0.2) is 29.2 Å². The molecule has 2 rings (SSSR count). The molecule has 0 saturated heterocycles. The van der Waals surface area contributed by atoms with Gasteiger partial charge in [-0.05, 0) is 38.5 Å². The topological polar surface area (TPSA) is 66.1 Å². The highest BCUT2D eigenvalue weighted by molar-refractivity contribution is 7.92. The number of aryl methyl sites for hydroxylation is 3. The maximum Gasteiger partial charge on any atom is 0.267 e. The standard InChI is InChI=1S/C13H17N3O2S/c1-9-6-5-7-12(8-9)16(4)19(17,18)13-10(2)14-15-11(13)3/h5-8H,1-4H3,(H,14,15). The summed E-state index contributed by atoms with van der Waals surface area (Å²) in [6, 6.07) is 7.38. The molecule has 1 aromatic heterocycles. The Kier molecular flexibility index (Phi) is 3.36. The van der Waals surface area contributed by atoms with Crippen molar-refractivity contribution in [2.45, 2.75) is 25.7 Å². The van der Waals surface area contributed by atoms with Crippen molar-refractivity contribution in [2.75, 3.05) is 11.4 Å². The fourth-order valence-corrected chi connectivity index (χ4v) is 3.54. The van der Waals surface area contributed by atoms with Gasteiger partial charge in [-0.15, -0.1) is 0 Å². The maximum absolute atomic E-state index is 12.6. The molecule has 0 fully saturated rings. The van der Waals surface area contributed by atoms with Gasteiger partial charge in [0, 0.05) is 7.05 Å². The van der Waals surface area contributed by atoms with E-state index in [9.17, 15) is 8.42 Å². The third-order valence-electron chi connectivity index (χ3n) is 3.04. The van der Waals surface area contributed by atoms with Crippen LogP contribution in [0.4, 0.5) is 5.69 Å². The van der Waals surface area contributed by atoms with Gasteiger partial charge < -0.3 is 0 Å². The number of nitrogens with zero attached hydrogens (tertiary/aromatic N) is 2. The van der Waals surface area contributed by atoms with Crippen LogP contribution in [0, 0.1) is 20.8 Å². The minimum Gasteiger partial charge on any atom is -0.281 e. The van der Waals surface area contributed by atoms with Gasteiger partial charge in [-0.2, -0.15) is 5.10 Å². The molecular formula is C13H17N3O2S. The highest BCUT2D eigenvalue weighted by Crippen LogP contribution is 2.25. The smallest absolute Gasteiger partial charge is 0.267 e. The van der Waals surface area contributed by atoms with Crippen LogP contribution in [0.25, 0.3) is 0 Å². The molecule has 1 heterocycles. The molecule has 6 heteroatoms. The summed E-state index contributed by atoms with van der Waals surface area (Å²) in [6.07, 6.45) is 0. The van der Waals surface area contributed by atoms with Crippen LogP contribution in [0.2, 0.25) is 0 Å². The van der Waals surface area contributed by atoms with Crippen LogP contribution < -0.4 is 4.31 Å². The number of hydrogen-bond acceptors (Lipinski definition) is 3. The molecule has 0 aliphatic carbocycles. The highest BCUT2D eigenvalue weighted by Gasteiger charge is 2.27. The number of aromatic amines is 1. The zero-order valence-electron chi connectivity index (χ0n) is 11.4. The van der Waals surface area contributed by atoms with E-state index in [1.165, 1.54) is 4.31 Å². The normalized spacial score (nSPS) is 11.6. The minimum atomic E-state index is -3.59. The van der Waals surface area contributed by atoms with Crippen molar-refractivity contribution in [1.29, 1.82) is 0 Å². The summed E-state index contributed by atoms with van der Waals surface area (Å²) >= 11 is 0. The molecule has 0 aliphatic rings. The Hall–Kier alpha value is -1.82. The molecule has 1 N–H and O–H groups in total. The molecule has 19 heavy (non-hydrogen) atoms. The Balaban J connectivity index is 2.52. The van der Waals surface area contributed by atoms with Crippen molar-refractivity contribution in [1.82, 2.24) is 10.2 Å². The van der Waals surface area contributed by atoms with Gasteiger partial charge in [0.15, 0.2) is 0 Å². The molecule has 0 aliphatic heterocycles. The summed E-state index contributed by atoms with van der Waals surface area (Å²) in [6.45, 7) is 5.32. The Morgan fingerprint density at radius 3 is 2.42 bits per heavy atom. The number of benzene rings is 1. The van der Waals surface area contributed by atoms with Gasteiger partial charge in [0.25, 0.3) is 10.0 Å². The second-order valence-electron chi connectivity index (χ2n) is 4.57. The summed E-state index contributed by atoms with van der Waals surface area (Å²) in [4.78, 5) is 0.247. The predicted molar refractivity (Wildman–Crippen MR) is 74.8 cm³/mol. The van der Waals surface area contributed by atoms with Gasteiger partial charge in [-0.3, -0.25) is 9.40 Å². The lowest BCUT2D eigenvalue weighted by molar-refractivity contribution is 0.593. The lowest BCUT2D eigenvalue weighted by Gasteiger charge is -2.20. The Labute approximate surface area is 113 Å². The van der Waals surface area contributed by atoms with Crippen LogP contribution in [0.5, 0.6) is 0 Å². The summed E-state index contributed by atoms with van der Waals surface area (Å²) in [5, 5.41) is 6.65. The van der Waals surface area contributed by atoms with E-state index in [2.05, 4.69) is 10.2 Å². The molecule has 0 radical (unpaired) electrons. The van der Waals surface area contributed by atoms with E-state index in [0.717, 1.165) is 5.56 Å². The molecule has 1 aromatic carbocycles. The van der Waals surface area contributed by atoms with Gasteiger partial charge in [0.05, 0.1) is 17.1 Å². The molecule has 5 nitrogen and oxygen atoms in total. The van der Waals surface area contributed by atoms with E-state index in [-0.39, 0.29) is 4.90 Å². The number of H-pyrrole nitrogens is 1. The second kappa shape index (κ2) is 4.70. The van der Waals surface area contributed by atoms with Gasteiger partial charge in [-0.25, -0.2) is 8.42 Å². The summed E-state index contributed by atoms with van der Waals surface area (Å²) < 4.78 is 26.5. The number of hydrogen-bond donors (Lipinski definition) is 1. The van der Waals surface area contributed by atoms with Gasteiger partial charge in [-0.1, -0.05) is 12.1 Å². The van der Waals surface area contributed by atoms with Crippen molar-refractivity contribution in [3.63, 3.8) is 0 Å². The van der Waals surface area contributed by atoms with Crippen molar-refractivity contribution in [3.05, 3.63) is 41.2 Å². The van der Waals surface area contributed by atoms with E-state index >= 15 is 0 Å². The Morgan fingerprint density at radius 2 is 1.89 bits per heavy atom. The lowest BCUT2D eigenvalue weighted by Crippen LogP contribution is -2.27. The van der Waals surface area contributed by atoms with Crippen LogP contribution in [0.1, 0.15) is 17.0 Å². The first-order chi connectivity index (χ1) is 8.84. The van der Waals surface area contributed by atoms with Gasteiger partial charge >= 0.3 is 0 Å². The molecule has 0 saturated carbocycles. The molecule has 0 amide bonds. The summed E-state index contributed by atoms with van der Waals surface area (Å²) in [5.41, 5.74) is 2.69. The third-order valence-corrected chi connectivity index (χ3v) is 5.09. The monoisotopic (exact) mass is 279 g/mol. The second-order valence-corrected chi connectivity index (χ2v) is 6.48. The summed E-state index contributed by atoms with van der Waals surface area (Å²) in [5.74, 6) is 0. The lowest BCUT2D eigenvalue weighted by atomic mass is 10.2. The van der Waals surface area contributed by atoms with Crippen molar-refractivity contribution in [2.24, 2.45) is 0 Å². The molecular weight excluding hydrogens is 262 g/mol. The Bertz CT molecular complexity index is 685. The number of sulfonamides is 1. The number of rotatable bonds is 3. The molecule has 0 atom stereocenters. The maximum atomic E-state index is 12.6. The summed E-state index contributed by atoms with van der Waals surface area (Å²) in [7, 11) is -2.04. The van der Waals surface area contributed by atoms with Crippen LogP contribution in [0.3, 0.4) is 0 Å². The van der Waals surface area contributed by atoms with Crippen molar-refractivity contribution >= 4 is 15.7 Å². The van der Waals surface area contributed by atoms with E-state index in [1.54, 1.807) is 27.0 Å². The number of aromatic nitrogens is 2. The fourth-order valence-electron chi connectivity index (χ4n) is 2.02. The van der Waals surface area contributed by atoms with E-state index < -0.39 is 10.0 Å². The van der Waals surface area contributed by atoms with Crippen LogP contribution >= 0.6 is 0 Å². The first-order valence-corrected chi connectivity index (χ1v) is 7.35. The molecule has 0 unspecified atom stereocenters. The van der Waals surface area contributed by atoms with Crippen molar-refractivity contribution in [3.8, 4) is 0 Å². The average molecular weight is 279 g/mol.